The van der Waals surface area contributed by atoms with E-state index in [1.807, 2.05) is 42.3 Å². The molecule has 1 atom stereocenters. The maximum atomic E-state index is 11.8. The molecule has 2 heterocycles. The van der Waals surface area contributed by atoms with Gasteiger partial charge in [0.05, 0.1) is 5.69 Å². The number of benzene rings is 1. The van der Waals surface area contributed by atoms with Crippen LogP contribution in [0.25, 0.3) is 11.4 Å². The second-order valence-electron chi connectivity index (χ2n) is 5.52. The van der Waals surface area contributed by atoms with Gasteiger partial charge in [-0.25, -0.2) is 4.98 Å². The van der Waals surface area contributed by atoms with Crippen molar-refractivity contribution in [2.45, 2.75) is 18.9 Å². The molecule has 1 saturated heterocycles. The van der Waals surface area contributed by atoms with Crippen molar-refractivity contribution in [3.05, 3.63) is 41.2 Å². The molecule has 1 unspecified atom stereocenters. The molecule has 5 nitrogen and oxygen atoms in total. The number of hydrogen-bond acceptors (Lipinski definition) is 3. The zero-order chi connectivity index (χ0) is 15.7. The molecule has 116 valence electrons. The predicted molar refractivity (Wildman–Crippen MR) is 84.8 cm³/mol. The average Bonchev–Trinajstić information content (AvgIpc) is 3.12. The first-order chi connectivity index (χ1) is 10.6. The third kappa shape index (κ3) is 2.62. The number of halogens is 1. The van der Waals surface area contributed by atoms with E-state index in [1.165, 1.54) is 0 Å². The zero-order valence-electron chi connectivity index (χ0n) is 12.4. The van der Waals surface area contributed by atoms with E-state index < -0.39 is 12.0 Å². The second-order valence-corrected chi connectivity index (χ2v) is 5.88. The molecule has 0 bridgehead atoms. The number of likely N-dealkylation sites (tertiary alicyclic amines) is 1. The Balaban J connectivity index is 2.06. The SMILES string of the molecule is Cn1c(-c2ccccc2)nc(Cl)c1C(C(=O)O)N1CCCC1. The summed E-state index contributed by atoms with van der Waals surface area (Å²) in [5.41, 5.74) is 1.47. The third-order valence-corrected chi connectivity index (χ3v) is 4.40. The highest BCUT2D eigenvalue weighted by molar-refractivity contribution is 6.30. The standard InChI is InChI=1S/C16H18ClN3O2/c1-19-12(13(16(21)22)20-9-5-6-10-20)14(17)18-15(19)11-7-3-2-4-8-11/h2-4,7-8,13H,5-6,9-10H2,1H3,(H,21,22). The smallest absolute Gasteiger partial charge is 0.327 e. The molecule has 6 heteroatoms. The van der Waals surface area contributed by atoms with Crippen molar-refractivity contribution >= 4 is 17.6 Å². The highest BCUT2D eigenvalue weighted by Crippen LogP contribution is 2.33. The van der Waals surface area contributed by atoms with Gasteiger partial charge < -0.3 is 9.67 Å². The molecule has 1 aromatic heterocycles. The lowest BCUT2D eigenvalue weighted by Crippen LogP contribution is -2.33. The Morgan fingerprint density at radius 3 is 2.50 bits per heavy atom. The lowest BCUT2D eigenvalue weighted by atomic mass is 10.2. The number of imidazole rings is 1. The van der Waals surface area contributed by atoms with Gasteiger partial charge in [-0.15, -0.1) is 0 Å². The molecule has 2 aromatic rings. The summed E-state index contributed by atoms with van der Waals surface area (Å²) in [5, 5.41) is 9.94. The number of aliphatic carboxylic acids is 1. The molecule has 1 aromatic carbocycles. The summed E-state index contributed by atoms with van der Waals surface area (Å²) in [6.07, 6.45) is 2.04. The van der Waals surface area contributed by atoms with Crippen LogP contribution in [0.4, 0.5) is 0 Å². The van der Waals surface area contributed by atoms with Crippen LogP contribution >= 0.6 is 11.6 Å². The van der Waals surface area contributed by atoms with Crippen LogP contribution < -0.4 is 0 Å². The number of carboxylic acid groups (broad SMARTS) is 1. The highest BCUT2D eigenvalue weighted by Gasteiger charge is 2.34. The summed E-state index contributed by atoms with van der Waals surface area (Å²) in [5.74, 6) is -0.197. The van der Waals surface area contributed by atoms with E-state index in [2.05, 4.69) is 4.98 Å². The molecule has 0 radical (unpaired) electrons. The fourth-order valence-electron chi connectivity index (χ4n) is 3.07. The Morgan fingerprint density at radius 2 is 1.91 bits per heavy atom. The van der Waals surface area contributed by atoms with Crippen LogP contribution in [-0.2, 0) is 11.8 Å². The van der Waals surface area contributed by atoms with E-state index in [4.69, 9.17) is 11.6 Å². The topological polar surface area (TPSA) is 58.4 Å². The summed E-state index contributed by atoms with van der Waals surface area (Å²) in [4.78, 5) is 18.1. The van der Waals surface area contributed by atoms with Gasteiger partial charge in [0.1, 0.15) is 5.82 Å². The van der Waals surface area contributed by atoms with Crippen LogP contribution in [0.15, 0.2) is 30.3 Å². The first-order valence-corrected chi connectivity index (χ1v) is 7.72. The largest absolute Gasteiger partial charge is 0.480 e. The van der Waals surface area contributed by atoms with Crippen LogP contribution in [0.3, 0.4) is 0 Å². The molecular weight excluding hydrogens is 302 g/mol. The van der Waals surface area contributed by atoms with E-state index in [0.29, 0.717) is 11.5 Å². The molecule has 1 aliphatic rings. The van der Waals surface area contributed by atoms with Gasteiger partial charge in [-0.3, -0.25) is 9.69 Å². The van der Waals surface area contributed by atoms with Crippen LogP contribution in [0.2, 0.25) is 5.15 Å². The Labute approximate surface area is 134 Å². The summed E-state index contributed by atoms with van der Waals surface area (Å²) in [6, 6.07) is 8.91. The van der Waals surface area contributed by atoms with Gasteiger partial charge in [0.2, 0.25) is 0 Å². The minimum absolute atomic E-state index is 0.264. The predicted octanol–water partition coefficient (Wildman–Crippen LogP) is 2.96. The van der Waals surface area contributed by atoms with Gasteiger partial charge in [0.25, 0.3) is 0 Å². The molecular formula is C16H18ClN3O2. The van der Waals surface area contributed by atoms with Gasteiger partial charge in [0, 0.05) is 12.6 Å². The number of hydrogen-bond donors (Lipinski definition) is 1. The zero-order valence-corrected chi connectivity index (χ0v) is 13.1. The van der Waals surface area contributed by atoms with Crippen molar-refractivity contribution in [2.75, 3.05) is 13.1 Å². The molecule has 22 heavy (non-hydrogen) atoms. The average molecular weight is 320 g/mol. The Morgan fingerprint density at radius 1 is 1.27 bits per heavy atom. The Kier molecular flexibility index (Phi) is 4.18. The molecule has 1 N–H and O–H groups in total. The van der Waals surface area contributed by atoms with Crippen LogP contribution in [0.5, 0.6) is 0 Å². The monoisotopic (exact) mass is 319 g/mol. The normalized spacial score (nSPS) is 16.8. The van der Waals surface area contributed by atoms with Crippen molar-refractivity contribution in [1.82, 2.24) is 14.5 Å². The van der Waals surface area contributed by atoms with E-state index in [9.17, 15) is 9.90 Å². The maximum Gasteiger partial charge on any atom is 0.327 e. The molecule has 0 saturated carbocycles. The van der Waals surface area contributed by atoms with Gasteiger partial charge in [-0.1, -0.05) is 41.9 Å². The third-order valence-electron chi connectivity index (χ3n) is 4.13. The van der Waals surface area contributed by atoms with Crippen molar-refractivity contribution in [1.29, 1.82) is 0 Å². The number of carbonyl (C=O) groups is 1. The summed E-state index contributed by atoms with van der Waals surface area (Å²) < 4.78 is 1.80. The molecule has 3 rings (SSSR count). The first kappa shape index (κ1) is 15.1. The van der Waals surface area contributed by atoms with Crippen molar-refractivity contribution in [2.24, 2.45) is 7.05 Å². The fourth-order valence-corrected chi connectivity index (χ4v) is 3.38. The highest BCUT2D eigenvalue weighted by atomic mass is 35.5. The van der Waals surface area contributed by atoms with Gasteiger partial charge in [0.15, 0.2) is 11.2 Å². The van der Waals surface area contributed by atoms with Crippen LogP contribution in [-0.4, -0.2) is 38.6 Å². The van der Waals surface area contributed by atoms with Crippen molar-refractivity contribution in [3.63, 3.8) is 0 Å². The van der Waals surface area contributed by atoms with Gasteiger partial charge in [-0.05, 0) is 25.9 Å². The van der Waals surface area contributed by atoms with Gasteiger partial charge in [-0.2, -0.15) is 0 Å². The molecule has 0 spiro atoms. The summed E-state index contributed by atoms with van der Waals surface area (Å²) in [7, 11) is 1.82. The summed E-state index contributed by atoms with van der Waals surface area (Å²) >= 11 is 6.30. The maximum absolute atomic E-state index is 11.8. The van der Waals surface area contributed by atoms with E-state index >= 15 is 0 Å². The van der Waals surface area contributed by atoms with E-state index in [-0.39, 0.29) is 5.15 Å². The number of rotatable bonds is 4. The lowest BCUT2D eigenvalue weighted by Gasteiger charge is -2.24. The van der Waals surface area contributed by atoms with Crippen molar-refractivity contribution < 1.29 is 9.90 Å². The first-order valence-electron chi connectivity index (χ1n) is 7.34. The van der Waals surface area contributed by atoms with Crippen molar-refractivity contribution in [3.8, 4) is 11.4 Å². The number of nitrogens with zero attached hydrogens (tertiary/aromatic N) is 3. The Bertz CT molecular complexity index is 678. The fraction of sp³-hybridized carbons (Fsp3) is 0.375. The second kappa shape index (κ2) is 6.10. The molecule has 0 aliphatic carbocycles. The van der Waals surface area contributed by atoms with Crippen LogP contribution in [0.1, 0.15) is 24.6 Å². The minimum Gasteiger partial charge on any atom is -0.480 e. The summed E-state index contributed by atoms with van der Waals surface area (Å²) in [6.45, 7) is 1.55. The number of aromatic nitrogens is 2. The quantitative estimate of drug-likeness (QED) is 0.941. The lowest BCUT2D eigenvalue weighted by molar-refractivity contribution is -0.143. The van der Waals surface area contributed by atoms with E-state index in [0.717, 1.165) is 31.5 Å². The minimum atomic E-state index is -0.883. The molecule has 1 fully saturated rings. The van der Waals surface area contributed by atoms with Gasteiger partial charge >= 0.3 is 5.97 Å². The number of carboxylic acids is 1. The Hall–Kier alpha value is -1.85. The molecule has 0 amide bonds. The van der Waals surface area contributed by atoms with E-state index in [1.54, 1.807) is 4.57 Å². The molecule has 1 aliphatic heterocycles. The van der Waals surface area contributed by atoms with Crippen LogP contribution in [0, 0.1) is 0 Å².